The van der Waals surface area contributed by atoms with Gasteiger partial charge in [-0.15, -0.1) is 5.10 Å². The molecule has 2 heterocycles. The highest BCUT2D eigenvalue weighted by atomic mass is 16.5. The lowest BCUT2D eigenvalue weighted by atomic mass is 10.1. The first-order valence-electron chi connectivity index (χ1n) is 6.96. The van der Waals surface area contributed by atoms with E-state index in [9.17, 15) is 0 Å². The van der Waals surface area contributed by atoms with Crippen LogP contribution in [0.15, 0.2) is 30.3 Å². The van der Waals surface area contributed by atoms with Gasteiger partial charge in [-0.1, -0.05) is 18.2 Å². The van der Waals surface area contributed by atoms with Gasteiger partial charge in [0.15, 0.2) is 0 Å². The van der Waals surface area contributed by atoms with Gasteiger partial charge in [-0.2, -0.15) is 0 Å². The lowest BCUT2D eigenvalue weighted by Gasteiger charge is -2.26. The van der Waals surface area contributed by atoms with E-state index in [0.717, 1.165) is 36.8 Å². The minimum Gasteiger partial charge on any atom is -0.476 e. The Balaban J connectivity index is 1.86. The Bertz CT molecular complexity index is 575. The van der Waals surface area contributed by atoms with Crippen LogP contribution in [0.5, 0.6) is 5.88 Å². The lowest BCUT2D eigenvalue weighted by molar-refractivity contribution is 0.192. The van der Waals surface area contributed by atoms with Gasteiger partial charge >= 0.3 is 0 Å². The molecular weight excluding hydrogens is 252 g/mol. The molecule has 5 heteroatoms. The van der Waals surface area contributed by atoms with E-state index in [1.54, 1.807) is 0 Å². The fourth-order valence-electron chi connectivity index (χ4n) is 2.33. The molecule has 0 aliphatic carbocycles. The van der Waals surface area contributed by atoms with Crippen molar-refractivity contribution in [1.29, 1.82) is 0 Å². The monoisotopic (exact) mass is 272 g/mol. The zero-order valence-corrected chi connectivity index (χ0v) is 11.9. The first-order valence-corrected chi connectivity index (χ1v) is 6.96. The Morgan fingerprint density at radius 3 is 2.70 bits per heavy atom. The van der Waals surface area contributed by atoms with Crippen molar-refractivity contribution in [3.8, 4) is 11.6 Å². The molecule has 5 nitrogen and oxygen atoms in total. The van der Waals surface area contributed by atoms with Crippen LogP contribution in [0.3, 0.4) is 0 Å². The highest BCUT2D eigenvalue weighted by Gasteiger charge is 2.20. The summed E-state index contributed by atoms with van der Waals surface area (Å²) in [5.41, 5.74) is 2.07. The number of hydrogen-bond acceptors (Lipinski definition) is 4. The molecule has 1 aliphatic rings. The van der Waals surface area contributed by atoms with Crippen molar-refractivity contribution in [3.05, 3.63) is 35.9 Å². The second-order valence-corrected chi connectivity index (χ2v) is 5.11. The number of nitrogens with one attached hydrogen (secondary N) is 2. The molecule has 0 atom stereocenters. The van der Waals surface area contributed by atoms with Crippen LogP contribution in [0.2, 0.25) is 0 Å². The van der Waals surface area contributed by atoms with Gasteiger partial charge in [0.1, 0.15) is 5.82 Å². The van der Waals surface area contributed by atoms with Crippen LogP contribution in [0.25, 0.3) is 5.69 Å². The largest absolute Gasteiger partial charge is 0.476 e. The maximum atomic E-state index is 5.87. The second kappa shape index (κ2) is 5.54. The molecule has 106 valence electrons. The number of nitrogens with zero attached hydrogens (tertiary/aromatic N) is 2. The SMILES string of the molecule is CNc1c(C)c(OCC2CNC2)nn1-c1ccccc1. The Hall–Kier alpha value is -2.01. The molecule has 2 aromatic rings. The van der Waals surface area contributed by atoms with Crippen LogP contribution in [0.4, 0.5) is 5.82 Å². The predicted octanol–water partition coefficient (Wildman–Crippen LogP) is 1.82. The third kappa shape index (κ3) is 2.36. The van der Waals surface area contributed by atoms with Crippen molar-refractivity contribution in [1.82, 2.24) is 15.1 Å². The molecule has 0 amide bonds. The van der Waals surface area contributed by atoms with E-state index in [1.165, 1.54) is 0 Å². The Labute approximate surface area is 118 Å². The minimum absolute atomic E-state index is 0.606. The molecular formula is C15H20N4O. The van der Waals surface area contributed by atoms with Gasteiger partial charge < -0.3 is 15.4 Å². The molecule has 1 saturated heterocycles. The molecule has 0 saturated carbocycles. The van der Waals surface area contributed by atoms with Crippen LogP contribution < -0.4 is 15.4 Å². The van der Waals surface area contributed by atoms with Crippen LogP contribution in [-0.4, -0.2) is 36.5 Å². The molecule has 0 unspecified atom stereocenters. The molecule has 0 bridgehead atoms. The van der Waals surface area contributed by atoms with Crippen LogP contribution in [-0.2, 0) is 0 Å². The summed E-state index contributed by atoms with van der Waals surface area (Å²) < 4.78 is 7.77. The molecule has 0 spiro atoms. The lowest BCUT2D eigenvalue weighted by Crippen LogP contribution is -2.45. The number of ether oxygens (including phenoxy) is 1. The average molecular weight is 272 g/mol. The van der Waals surface area contributed by atoms with E-state index in [1.807, 2.05) is 49.0 Å². The van der Waals surface area contributed by atoms with Crippen LogP contribution in [0, 0.1) is 12.8 Å². The van der Waals surface area contributed by atoms with Crippen molar-refractivity contribution in [2.24, 2.45) is 5.92 Å². The summed E-state index contributed by atoms with van der Waals surface area (Å²) in [4.78, 5) is 0. The topological polar surface area (TPSA) is 51.1 Å². The normalized spacial score (nSPS) is 14.9. The first kappa shape index (κ1) is 13.0. The number of rotatable bonds is 5. The number of anilines is 1. The number of benzene rings is 1. The summed E-state index contributed by atoms with van der Waals surface area (Å²) in [5.74, 6) is 2.29. The zero-order valence-electron chi connectivity index (χ0n) is 11.9. The predicted molar refractivity (Wildman–Crippen MR) is 79.7 cm³/mol. The summed E-state index contributed by atoms with van der Waals surface area (Å²) in [6, 6.07) is 10.1. The Morgan fingerprint density at radius 1 is 1.35 bits per heavy atom. The number of para-hydroxylation sites is 1. The van der Waals surface area contributed by atoms with Crippen LogP contribution in [0.1, 0.15) is 5.56 Å². The number of aromatic nitrogens is 2. The van der Waals surface area contributed by atoms with E-state index < -0.39 is 0 Å². The van der Waals surface area contributed by atoms with Gasteiger partial charge in [0.25, 0.3) is 0 Å². The fourth-order valence-corrected chi connectivity index (χ4v) is 2.33. The second-order valence-electron chi connectivity index (χ2n) is 5.11. The maximum absolute atomic E-state index is 5.87. The van der Waals surface area contributed by atoms with Gasteiger partial charge in [-0.3, -0.25) is 0 Å². The quantitative estimate of drug-likeness (QED) is 0.872. The standard InChI is InChI=1S/C15H20N4O/c1-11-14(16-2)19(13-6-4-3-5-7-13)18-15(11)20-10-12-8-17-9-12/h3-7,12,16-17H,8-10H2,1-2H3. The molecule has 2 N–H and O–H groups in total. The number of hydrogen-bond donors (Lipinski definition) is 2. The van der Waals surface area contributed by atoms with Crippen molar-refractivity contribution < 1.29 is 4.74 Å². The summed E-state index contributed by atoms with van der Waals surface area (Å²) in [6.07, 6.45) is 0. The van der Waals surface area contributed by atoms with Gasteiger partial charge in [0.2, 0.25) is 5.88 Å². The van der Waals surface area contributed by atoms with Gasteiger partial charge in [0, 0.05) is 26.1 Å². The van der Waals surface area contributed by atoms with E-state index in [0.29, 0.717) is 11.8 Å². The van der Waals surface area contributed by atoms with Crippen LogP contribution >= 0.6 is 0 Å². The molecule has 3 rings (SSSR count). The third-order valence-corrected chi connectivity index (χ3v) is 3.64. The van der Waals surface area contributed by atoms with E-state index in [4.69, 9.17) is 4.74 Å². The summed E-state index contributed by atoms with van der Waals surface area (Å²) in [6.45, 7) is 4.84. The smallest absolute Gasteiger partial charge is 0.238 e. The Morgan fingerprint density at radius 2 is 2.10 bits per heavy atom. The molecule has 20 heavy (non-hydrogen) atoms. The van der Waals surface area contributed by atoms with Crippen molar-refractivity contribution in [2.75, 3.05) is 32.1 Å². The molecule has 1 aromatic heterocycles. The highest BCUT2D eigenvalue weighted by Crippen LogP contribution is 2.28. The van der Waals surface area contributed by atoms with E-state index in [-0.39, 0.29) is 0 Å². The average Bonchev–Trinajstić information content (AvgIpc) is 2.75. The molecule has 1 aliphatic heterocycles. The first-order chi connectivity index (χ1) is 9.79. The van der Waals surface area contributed by atoms with Crippen molar-refractivity contribution >= 4 is 5.82 Å². The van der Waals surface area contributed by atoms with Crippen molar-refractivity contribution in [2.45, 2.75) is 6.92 Å². The Kier molecular flexibility index (Phi) is 3.60. The minimum atomic E-state index is 0.606. The van der Waals surface area contributed by atoms with Crippen molar-refractivity contribution in [3.63, 3.8) is 0 Å². The van der Waals surface area contributed by atoms with Gasteiger partial charge in [-0.25, -0.2) is 4.68 Å². The fraction of sp³-hybridized carbons (Fsp3) is 0.400. The van der Waals surface area contributed by atoms with Gasteiger partial charge in [0.05, 0.1) is 17.9 Å². The van der Waals surface area contributed by atoms with Gasteiger partial charge in [-0.05, 0) is 19.1 Å². The maximum Gasteiger partial charge on any atom is 0.238 e. The molecule has 1 aromatic carbocycles. The summed E-state index contributed by atoms with van der Waals surface area (Å²) in [5, 5.41) is 11.0. The summed E-state index contributed by atoms with van der Waals surface area (Å²) in [7, 11) is 1.91. The van der Waals surface area contributed by atoms with E-state index >= 15 is 0 Å². The zero-order chi connectivity index (χ0) is 13.9. The third-order valence-electron chi connectivity index (χ3n) is 3.64. The molecule has 0 radical (unpaired) electrons. The van der Waals surface area contributed by atoms with E-state index in [2.05, 4.69) is 15.7 Å². The highest BCUT2D eigenvalue weighted by molar-refractivity contribution is 5.54. The molecule has 1 fully saturated rings. The summed E-state index contributed by atoms with van der Waals surface area (Å²) >= 11 is 0.